The Bertz CT molecular complexity index is 5960. The Morgan fingerprint density at radius 1 is 0.179 bits per heavy atom. The third kappa shape index (κ3) is 12.4. The van der Waals surface area contributed by atoms with Crippen molar-refractivity contribution in [1.82, 2.24) is 23.7 Å². The number of nitrogens with zero attached hydrogens (tertiary/aromatic N) is 5. The van der Waals surface area contributed by atoms with Gasteiger partial charge in [-0.25, -0.2) is 9.97 Å². The van der Waals surface area contributed by atoms with Crippen LogP contribution in [0.5, 0.6) is 0 Å². The third-order valence-electron chi connectivity index (χ3n) is 19.8. The Morgan fingerprint density at radius 3 is 0.792 bits per heavy atom. The molecule has 0 fully saturated rings. The summed E-state index contributed by atoms with van der Waals surface area (Å²) in [6.07, 6.45) is 0. The molecule has 0 atom stereocenters. The van der Waals surface area contributed by atoms with Crippen LogP contribution < -0.4 is 0 Å². The van der Waals surface area contributed by atoms with E-state index >= 15 is 0 Å². The molecule has 19 rings (SSSR count). The van der Waals surface area contributed by atoms with Gasteiger partial charge in [0.25, 0.3) is 0 Å². The lowest BCUT2D eigenvalue weighted by Gasteiger charge is -2.16. The maximum atomic E-state index is 5.09. The summed E-state index contributed by atoms with van der Waals surface area (Å²) in [7, 11) is 0. The average molecular weight is 1370 g/mol. The molecule has 0 saturated heterocycles. The zero-order valence-corrected chi connectivity index (χ0v) is 58.8. The monoisotopic (exact) mass is 1370 g/mol. The zero-order valence-electron chi connectivity index (χ0n) is 58.0. The summed E-state index contributed by atoms with van der Waals surface area (Å²) in [5.74, 6) is 0.928. The molecule has 0 unspecified atom stereocenters. The molecule has 0 aliphatic carbocycles. The highest BCUT2D eigenvalue weighted by molar-refractivity contribution is 7.21. The van der Waals surface area contributed by atoms with Gasteiger partial charge < -0.3 is 9.13 Å². The van der Waals surface area contributed by atoms with Crippen molar-refractivity contribution in [2.24, 2.45) is 0 Å². The predicted octanol–water partition coefficient (Wildman–Crippen LogP) is 26.9. The standard InChI is InChI=1S/C53H37N3.C47H32N2S/c1-6-18-40(19-7-1)49-50(41-20-8-2-9-21-41)52(43-24-12-4-13-25-43)56(51(49)42-22-10-3-11-23-42)46-36-34-39(35-37-46)38-30-32-44(33-31-38)53-54-47-28-16-17-29-48(47)55(53)45-26-14-5-15-27-45;1-5-15-35(16-6-1)43-44(36-17-7-2-8-18-36)46(38-21-11-4-12-22-38)49(45(43)37-19-9-3-10-20-37)40-31-29-34(30-32-40)33-25-27-39(28-26-33)47-48-41-23-13-14-24-42(41)50-47/h1-37H;1-32H. The Morgan fingerprint density at radius 2 is 0.443 bits per heavy atom. The van der Waals surface area contributed by atoms with Crippen molar-refractivity contribution < 1.29 is 0 Å². The lowest BCUT2D eigenvalue weighted by atomic mass is 9.91. The number of benzene rings is 15. The Balaban J connectivity index is 0.000000151. The molecule has 0 aliphatic rings. The first-order chi connectivity index (χ1) is 52.6. The molecule has 0 saturated carbocycles. The number of thiazole rings is 1. The number of hydrogen-bond donors (Lipinski definition) is 0. The summed E-state index contributed by atoms with van der Waals surface area (Å²) in [5, 5.41) is 1.05. The Kier molecular flexibility index (Phi) is 17.6. The van der Waals surface area contributed by atoms with E-state index in [9.17, 15) is 0 Å². The molecule has 0 bridgehead atoms. The minimum absolute atomic E-state index is 0.928. The predicted molar refractivity (Wildman–Crippen MR) is 445 cm³/mol. The average Bonchev–Trinajstić information content (AvgIpc) is 1.58. The van der Waals surface area contributed by atoms with Gasteiger partial charge >= 0.3 is 0 Å². The molecule has 5 nitrogen and oxygen atoms in total. The maximum absolute atomic E-state index is 5.09. The van der Waals surface area contributed by atoms with Crippen LogP contribution in [0.4, 0.5) is 0 Å². The summed E-state index contributed by atoms with van der Waals surface area (Å²) in [4.78, 5) is 9.95. The first-order valence-corrected chi connectivity index (χ1v) is 36.8. The van der Waals surface area contributed by atoms with Crippen molar-refractivity contribution in [3.05, 3.63) is 419 Å². The number of rotatable bonds is 15. The molecule has 4 heterocycles. The summed E-state index contributed by atoms with van der Waals surface area (Å²) >= 11 is 1.74. The van der Waals surface area contributed by atoms with Crippen LogP contribution in [-0.2, 0) is 0 Å². The molecule has 500 valence electrons. The van der Waals surface area contributed by atoms with E-state index in [0.717, 1.165) is 89.2 Å². The fraction of sp³-hybridized carbons (Fsp3) is 0. The van der Waals surface area contributed by atoms with Crippen LogP contribution in [-0.4, -0.2) is 23.7 Å². The van der Waals surface area contributed by atoms with E-state index in [1.807, 2.05) is 18.2 Å². The van der Waals surface area contributed by atoms with Crippen LogP contribution in [0.3, 0.4) is 0 Å². The zero-order chi connectivity index (χ0) is 70.5. The van der Waals surface area contributed by atoms with Gasteiger partial charge in [0.1, 0.15) is 10.8 Å². The van der Waals surface area contributed by atoms with Gasteiger partial charge in [-0.05, 0) is 127 Å². The second-order valence-corrected chi connectivity index (χ2v) is 27.4. The lowest BCUT2D eigenvalue weighted by molar-refractivity contribution is 1.10. The SMILES string of the molecule is c1ccc(-c2c(-c3ccccc3)c(-c3ccccc3)n(-c3ccc(-c4ccc(-c5nc6ccccc6n5-c5ccccc5)cc4)cc3)c2-c2ccccc2)cc1.c1ccc(-c2c(-c3ccccc3)c(-c3ccccc3)n(-c3ccc(-c4ccc(-c5nc6ccccc6s5)cc4)cc3)c2-c2ccccc2)cc1. The van der Waals surface area contributed by atoms with Crippen LogP contribution in [0.2, 0.25) is 0 Å². The highest BCUT2D eigenvalue weighted by Gasteiger charge is 2.30. The fourth-order valence-corrected chi connectivity index (χ4v) is 15.9. The number of fused-ring (bicyclic) bond motifs is 2. The second kappa shape index (κ2) is 28.9. The molecule has 106 heavy (non-hydrogen) atoms. The fourth-order valence-electron chi connectivity index (χ4n) is 15.0. The molecule has 0 amide bonds. The minimum Gasteiger partial charge on any atom is -0.308 e. The topological polar surface area (TPSA) is 40.6 Å². The molecule has 6 heteroatoms. The molecule has 15 aromatic carbocycles. The smallest absolute Gasteiger partial charge is 0.145 e. The first-order valence-electron chi connectivity index (χ1n) is 36.0. The minimum atomic E-state index is 0.928. The van der Waals surface area contributed by atoms with Crippen molar-refractivity contribution in [2.45, 2.75) is 0 Å². The normalized spacial score (nSPS) is 11.2. The van der Waals surface area contributed by atoms with Gasteiger partial charge in [-0.15, -0.1) is 11.3 Å². The van der Waals surface area contributed by atoms with E-state index in [4.69, 9.17) is 9.97 Å². The largest absolute Gasteiger partial charge is 0.308 e. The molecule has 0 N–H and O–H groups in total. The summed E-state index contributed by atoms with van der Waals surface area (Å²) in [6.45, 7) is 0. The van der Waals surface area contributed by atoms with Gasteiger partial charge in [0, 0.05) is 50.4 Å². The molecule has 4 aromatic heterocycles. The lowest BCUT2D eigenvalue weighted by Crippen LogP contribution is -2.00. The molecule has 0 aliphatic heterocycles. The quantitative estimate of drug-likeness (QED) is 0.103. The van der Waals surface area contributed by atoms with E-state index in [-0.39, 0.29) is 0 Å². The van der Waals surface area contributed by atoms with Crippen molar-refractivity contribution >= 4 is 32.6 Å². The van der Waals surface area contributed by atoms with Gasteiger partial charge in [-0.1, -0.05) is 358 Å². The second-order valence-electron chi connectivity index (χ2n) is 26.3. The van der Waals surface area contributed by atoms with E-state index in [1.54, 1.807) is 11.3 Å². The van der Waals surface area contributed by atoms with E-state index < -0.39 is 0 Å². The molecule has 0 radical (unpaired) electrons. The number of aromatic nitrogens is 5. The van der Waals surface area contributed by atoms with Crippen molar-refractivity contribution in [3.63, 3.8) is 0 Å². The summed E-state index contributed by atoms with van der Waals surface area (Å²) in [5.41, 5.74) is 32.2. The molecular formula is C100H69N5S. The molecule has 0 spiro atoms. The van der Waals surface area contributed by atoms with Crippen molar-refractivity contribution in [2.75, 3.05) is 0 Å². The van der Waals surface area contributed by atoms with Gasteiger partial charge in [-0.2, -0.15) is 0 Å². The molecule has 19 aromatic rings. The number of hydrogen-bond acceptors (Lipinski definition) is 3. The molecular weight excluding hydrogens is 1300 g/mol. The van der Waals surface area contributed by atoms with Crippen LogP contribution in [0, 0.1) is 0 Å². The third-order valence-corrected chi connectivity index (χ3v) is 20.9. The van der Waals surface area contributed by atoms with Gasteiger partial charge in [0.05, 0.1) is 44.0 Å². The van der Waals surface area contributed by atoms with E-state index in [1.165, 1.54) is 82.8 Å². The summed E-state index contributed by atoms with van der Waals surface area (Å²) in [6, 6.07) is 149. The summed E-state index contributed by atoms with van der Waals surface area (Å²) < 4.78 is 8.40. The van der Waals surface area contributed by atoms with E-state index in [0.29, 0.717) is 0 Å². The Labute approximate surface area is 621 Å². The highest BCUT2D eigenvalue weighted by atomic mass is 32.1. The van der Waals surface area contributed by atoms with Gasteiger partial charge in [0.2, 0.25) is 0 Å². The van der Waals surface area contributed by atoms with Crippen LogP contribution in [0.15, 0.2) is 419 Å². The van der Waals surface area contributed by atoms with E-state index in [2.05, 4.69) is 414 Å². The number of para-hydroxylation sites is 4. The maximum Gasteiger partial charge on any atom is 0.145 e. The first kappa shape index (κ1) is 64.3. The van der Waals surface area contributed by atoms with Crippen LogP contribution in [0.25, 0.3) is 172 Å². The van der Waals surface area contributed by atoms with Crippen LogP contribution >= 0.6 is 11.3 Å². The van der Waals surface area contributed by atoms with Crippen molar-refractivity contribution in [3.8, 4) is 151 Å². The highest BCUT2D eigenvalue weighted by Crippen LogP contribution is 2.52. The Hall–Kier alpha value is -13.8. The van der Waals surface area contributed by atoms with Gasteiger partial charge in [0.15, 0.2) is 0 Å². The van der Waals surface area contributed by atoms with Gasteiger partial charge in [-0.3, -0.25) is 4.57 Å². The number of imidazole rings is 1. The van der Waals surface area contributed by atoms with Crippen molar-refractivity contribution in [1.29, 1.82) is 0 Å². The van der Waals surface area contributed by atoms with Crippen LogP contribution in [0.1, 0.15) is 0 Å².